The predicted octanol–water partition coefficient (Wildman–Crippen LogP) is 2.66. The Morgan fingerprint density at radius 1 is 1.11 bits per heavy atom. The number of likely N-dealkylation sites (tertiary alicyclic amines) is 1. The van der Waals surface area contributed by atoms with E-state index in [0.29, 0.717) is 11.9 Å². The molecule has 0 bridgehead atoms. The van der Waals surface area contributed by atoms with Crippen LogP contribution >= 0.6 is 0 Å². The lowest BCUT2D eigenvalue weighted by molar-refractivity contribution is -0.132. The molecule has 106 valence electrons. The molecule has 1 aliphatic heterocycles. The number of carbonyl (C=O) groups is 1. The number of nitrogens with zero attached hydrogens (tertiary/aromatic N) is 1. The molecule has 2 unspecified atom stereocenters. The van der Waals surface area contributed by atoms with Gasteiger partial charge in [0.15, 0.2) is 0 Å². The molecule has 2 atom stereocenters. The molecule has 0 radical (unpaired) electrons. The average Bonchev–Trinajstić information content (AvgIpc) is 2.16. The van der Waals surface area contributed by atoms with Crippen LogP contribution in [0.3, 0.4) is 0 Å². The second kappa shape index (κ2) is 5.30. The molecule has 0 saturated carbocycles. The quantitative estimate of drug-likeness (QED) is 0.822. The predicted molar refractivity (Wildman–Crippen MR) is 76.5 cm³/mol. The fourth-order valence-corrected chi connectivity index (χ4v) is 2.65. The van der Waals surface area contributed by atoms with Gasteiger partial charge < -0.3 is 0 Å². The van der Waals surface area contributed by atoms with Crippen LogP contribution in [0.25, 0.3) is 0 Å². The molecule has 1 N–H and O–H groups in total. The maximum atomic E-state index is 12.3. The Labute approximate surface area is 112 Å². The van der Waals surface area contributed by atoms with Crippen molar-refractivity contribution in [3.05, 3.63) is 0 Å². The van der Waals surface area contributed by atoms with Crippen LogP contribution in [0.15, 0.2) is 0 Å². The number of Topliss-reactive ketones (excluding diaryl/α,β-unsaturated/α-hetero) is 1. The largest absolute Gasteiger partial charge is 0.299 e. The Kier molecular flexibility index (Phi) is 4.60. The van der Waals surface area contributed by atoms with E-state index in [2.05, 4.69) is 38.0 Å². The zero-order valence-electron chi connectivity index (χ0n) is 13.1. The number of hydrogen-bond acceptors (Lipinski definition) is 3. The molecule has 0 aromatic heterocycles. The van der Waals surface area contributed by atoms with Crippen molar-refractivity contribution in [2.45, 2.75) is 66.1 Å². The van der Waals surface area contributed by atoms with Crippen molar-refractivity contribution in [2.24, 2.45) is 11.3 Å². The lowest BCUT2D eigenvalue weighted by atomic mass is 9.79. The first-order chi connectivity index (χ1) is 8.00. The SMILES string of the molecule is CN1CC(C(=O)C(C)(C)C)CCC1NC(C)(C)C. The number of nitrogens with one attached hydrogen (secondary N) is 1. The van der Waals surface area contributed by atoms with Crippen molar-refractivity contribution in [2.75, 3.05) is 13.6 Å². The van der Waals surface area contributed by atoms with Crippen molar-refractivity contribution in [3.8, 4) is 0 Å². The fourth-order valence-electron chi connectivity index (χ4n) is 2.65. The number of rotatable bonds is 2. The van der Waals surface area contributed by atoms with E-state index in [-0.39, 0.29) is 16.9 Å². The maximum absolute atomic E-state index is 12.3. The van der Waals surface area contributed by atoms with Crippen molar-refractivity contribution in [1.82, 2.24) is 10.2 Å². The molecular weight excluding hydrogens is 224 g/mol. The molecule has 1 fully saturated rings. The Hall–Kier alpha value is -0.410. The summed E-state index contributed by atoms with van der Waals surface area (Å²) in [6.07, 6.45) is 2.46. The molecule has 1 saturated heterocycles. The Morgan fingerprint density at radius 2 is 1.67 bits per heavy atom. The van der Waals surface area contributed by atoms with E-state index < -0.39 is 0 Å². The minimum absolute atomic E-state index is 0.125. The minimum Gasteiger partial charge on any atom is -0.299 e. The van der Waals surface area contributed by atoms with Gasteiger partial charge in [0.2, 0.25) is 0 Å². The molecule has 1 aliphatic rings. The van der Waals surface area contributed by atoms with Crippen LogP contribution in [-0.2, 0) is 4.79 Å². The highest BCUT2D eigenvalue weighted by Crippen LogP contribution is 2.28. The second-order valence-corrected chi connectivity index (χ2v) is 7.74. The third-order valence-electron chi connectivity index (χ3n) is 3.54. The summed E-state index contributed by atoms with van der Waals surface area (Å²) >= 11 is 0. The van der Waals surface area contributed by atoms with Gasteiger partial charge in [0.05, 0.1) is 6.17 Å². The van der Waals surface area contributed by atoms with E-state index in [1.165, 1.54) is 0 Å². The number of piperidine rings is 1. The zero-order chi connectivity index (χ0) is 14.1. The van der Waals surface area contributed by atoms with Crippen LogP contribution in [0, 0.1) is 11.3 Å². The monoisotopic (exact) mass is 254 g/mol. The molecule has 18 heavy (non-hydrogen) atoms. The van der Waals surface area contributed by atoms with Gasteiger partial charge in [-0.15, -0.1) is 0 Å². The van der Waals surface area contributed by atoms with Crippen LogP contribution in [0.5, 0.6) is 0 Å². The second-order valence-electron chi connectivity index (χ2n) is 7.74. The molecule has 0 aromatic rings. The molecule has 1 rings (SSSR count). The maximum Gasteiger partial charge on any atom is 0.142 e. The van der Waals surface area contributed by atoms with Crippen molar-refractivity contribution < 1.29 is 4.79 Å². The normalized spacial score (nSPS) is 27.3. The topological polar surface area (TPSA) is 32.3 Å². The van der Waals surface area contributed by atoms with E-state index >= 15 is 0 Å². The van der Waals surface area contributed by atoms with Gasteiger partial charge in [-0.25, -0.2) is 0 Å². The minimum atomic E-state index is -0.213. The number of hydrogen-bond donors (Lipinski definition) is 1. The van der Waals surface area contributed by atoms with Gasteiger partial charge in [-0.2, -0.15) is 0 Å². The van der Waals surface area contributed by atoms with E-state index in [4.69, 9.17) is 0 Å². The van der Waals surface area contributed by atoms with Crippen LogP contribution in [0.1, 0.15) is 54.4 Å². The molecule has 3 nitrogen and oxygen atoms in total. The van der Waals surface area contributed by atoms with Gasteiger partial charge in [-0.3, -0.25) is 15.0 Å². The van der Waals surface area contributed by atoms with Crippen molar-refractivity contribution in [3.63, 3.8) is 0 Å². The van der Waals surface area contributed by atoms with Gasteiger partial charge in [0.1, 0.15) is 5.78 Å². The molecule has 0 spiro atoms. The zero-order valence-corrected chi connectivity index (χ0v) is 13.1. The molecule has 0 amide bonds. The third-order valence-corrected chi connectivity index (χ3v) is 3.54. The summed E-state index contributed by atoms with van der Waals surface area (Å²) in [5.41, 5.74) is -0.0877. The van der Waals surface area contributed by atoms with E-state index in [0.717, 1.165) is 19.4 Å². The van der Waals surface area contributed by atoms with Gasteiger partial charge >= 0.3 is 0 Å². The standard InChI is InChI=1S/C15H30N2O/c1-14(2,3)13(18)11-8-9-12(17(7)10-11)16-15(4,5)6/h11-12,16H,8-10H2,1-7H3. The van der Waals surface area contributed by atoms with Crippen molar-refractivity contribution >= 4 is 5.78 Å². The Balaban J connectivity index is 2.59. The highest BCUT2D eigenvalue weighted by Gasteiger charge is 2.35. The number of ketones is 1. The highest BCUT2D eigenvalue weighted by atomic mass is 16.1. The first-order valence-electron chi connectivity index (χ1n) is 7.03. The first kappa shape index (κ1) is 15.6. The third kappa shape index (κ3) is 4.36. The van der Waals surface area contributed by atoms with Crippen LogP contribution in [0.2, 0.25) is 0 Å². The van der Waals surface area contributed by atoms with Crippen LogP contribution in [0.4, 0.5) is 0 Å². The summed E-state index contributed by atoms with van der Waals surface area (Å²) in [5, 5.41) is 3.62. The lowest BCUT2D eigenvalue weighted by Gasteiger charge is -2.41. The summed E-state index contributed by atoms with van der Waals surface area (Å²) in [4.78, 5) is 14.6. The van der Waals surface area contributed by atoms with Gasteiger partial charge in [0.25, 0.3) is 0 Å². The summed E-state index contributed by atoms with van der Waals surface area (Å²) in [7, 11) is 2.12. The highest BCUT2D eigenvalue weighted by molar-refractivity contribution is 5.86. The summed E-state index contributed by atoms with van der Waals surface area (Å²) in [6.45, 7) is 13.5. The summed E-state index contributed by atoms with van der Waals surface area (Å²) in [6, 6.07) is 0. The van der Waals surface area contributed by atoms with E-state index in [1.54, 1.807) is 0 Å². The molecule has 0 aromatic carbocycles. The van der Waals surface area contributed by atoms with Crippen molar-refractivity contribution in [1.29, 1.82) is 0 Å². The number of carbonyl (C=O) groups excluding carboxylic acids is 1. The fraction of sp³-hybridized carbons (Fsp3) is 0.933. The summed E-state index contributed by atoms with van der Waals surface area (Å²) in [5.74, 6) is 0.608. The van der Waals surface area contributed by atoms with Gasteiger partial charge in [0, 0.05) is 23.4 Å². The molecule has 0 aliphatic carbocycles. The molecule has 3 heteroatoms. The molecule has 1 heterocycles. The summed E-state index contributed by atoms with van der Waals surface area (Å²) < 4.78 is 0. The van der Waals surface area contributed by atoms with E-state index in [1.807, 2.05) is 20.8 Å². The smallest absolute Gasteiger partial charge is 0.142 e. The Morgan fingerprint density at radius 3 is 2.06 bits per heavy atom. The lowest BCUT2D eigenvalue weighted by Crippen LogP contribution is -2.56. The first-order valence-corrected chi connectivity index (χ1v) is 7.03. The Bertz CT molecular complexity index is 299. The van der Waals surface area contributed by atoms with Crippen LogP contribution < -0.4 is 5.32 Å². The van der Waals surface area contributed by atoms with E-state index in [9.17, 15) is 4.79 Å². The van der Waals surface area contributed by atoms with Gasteiger partial charge in [-0.1, -0.05) is 20.8 Å². The van der Waals surface area contributed by atoms with Gasteiger partial charge in [-0.05, 0) is 40.7 Å². The van der Waals surface area contributed by atoms with Crippen LogP contribution in [-0.4, -0.2) is 36.0 Å². The molecular formula is C15H30N2O. The average molecular weight is 254 g/mol.